The molecule has 0 atom stereocenters. The van der Waals surface area contributed by atoms with E-state index in [4.69, 9.17) is 18.0 Å². The summed E-state index contributed by atoms with van der Waals surface area (Å²) in [6.07, 6.45) is 1.59. The smallest absolute Gasteiger partial charge is 0.162 e. The molecule has 1 aromatic rings. The number of nitrogens with zero attached hydrogens (tertiary/aromatic N) is 3. The molecule has 1 heterocycles. The van der Waals surface area contributed by atoms with Crippen molar-refractivity contribution in [2.24, 2.45) is 5.73 Å². The van der Waals surface area contributed by atoms with Gasteiger partial charge in [0.2, 0.25) is 0 Å². The summed E-state index contributed by atoms with van der Waals surface area (Å²) in [6, 6.07) is 0. The molecule has 3 N–H and O–H groups in total. The van der Waals surface area contributed by atoms with Gasteiger partial charge in [0.15, 0.2) is 5.82 Å². The minimum Gasteiger partial charge on any atom is -0.394 e. The molecule has 112 valence electrons. The Labute approximate surface area is 126 Å². The highest BCUT2D eigenvalue weighted by atomic mass is 32.1. The monoisotopic (exact) mass is 296 g/mol. The number of aryl methyl sites for hydroxylation is 1. The number of likely N-dealkylation sites (N-methyl/N-ethyl adjacent to an activating group) is 1. The third-order valence-corrected chi connectivity index (χ3v) is 3.89. The maximum absolute atomic E-state index is 9.53. The maximum Gasteiger partial charge on any atom is 0.162 e. The molecule has 0 unspecified atom stereocenters. The van der Waals surface area contributed by atoms with Crippen molar-refractivity contribution in [1.82, 2.24) is 10.2 Å². The number of aromatic nitrogens is 2. The minimum absolute atomic E-state index is 0.00105. The fourth-order valence-corrected chi connectivity index (χ4v) is 2.26. The number of aliphatic hydroxyl groups excluding tert-OH is 1. The van der Waals surface area contributed by atoms with E-state index in [1.54, 1.807) is 0 Å². The number of nitrogens with two attached hydrogens (primary N) is 1. The van der Waals surface area contributed by atoms with Gasteiger partial charge in [-0.25, -0.2) is 0 Å². The Morgan fingerprint density at radius 1 is 1.30 bits per heavy atom. The molecule has 0 saturated carbocycles. The maximum atomic E-state index is 9.53. The molecule has 6 heteroatoms. The van der Waals surface area contributed by atoms with Crippen LogP contribution in [0.1, 0.15) is 44.5 Å². The Bertz CT molecular complexity index is 502. The van der Waals surface area contributed by atoms with Crippen molar-refractivity contribution in [3.63, 3.8) is 0 Å². The standard InChI is InChI=1S/C14H24N4OS/c1-6-9-10(7-2)16-17-13(11(9)12(15)20)18(5)14(3,4)8-19/h19H,6-8H2,1-5H3,(H2,15,20). The molecule has 0 aromatic carbocycles. The van der Waals surface area contributed by atoms with Gasteiger partial charge in [0.05, 0.1) is 23.4 Å². The molecule has 5 nitrogen and oxygen atoms in total. The summed E-state index contributed by atoms with van der Waals surface area (Å²) in [7, 11) is 1.87. The lowest BCUT2D eigenvalue weighted by Gasteiger charge is -2.36. The molecule has 20 heavy (non-hydrogen) atoms. The Balaban J connectivity index is 3.52. The van der Waals surface area contributed by atoms with Crippen LogP contribution in [0.5, 0.6) is 0 Å². The number of hydrogen-bond donors (Lipinski definition) is 2. The number of aliphatic hydroxyl groups is 1. The molecular weight excluding hydrogens is 272 g/mol. The molecule has 0 aliphatic carbocycles. The van der Waals surface area contributed by atoms with Crippen LogP contribution in [0.3, 0.4) is 0 Å². The second kappa shape index (κ2) is 6.45. The summed E-state index contributed by atoms with van der Waals surface area (Å²) < 4.78 is 0. The highest BCUT2D eigenvalue weighted by Gasteiger charge is 2.28. The summed E-state index contributed by atoms with van der Waals surface area (Å²) in [5, 5.41) is 18.1. The van der Waals surface area contributed by atoms with Crippen LogP contribution in [-0.2, 0) is 12.8 Å². The Morgan fingerprint density at radius 2 is 1.90 bits per heavy atom. The molecule has 0 fully saturated rings. The number of thiocarbonyl (C=S) groups is 1. The van der Waals surface area contributed by atoms with Crippen LogP contribution in [0, 0.1) is 0 Å². The number of hydrogen-bond acceptors (Lipinski definition) is 5. The van der Waals surface area contributed by atoms with E-state index in [0.717, 1.165) is 29.7 Å². The Kier molecular flexibility index (Phi) is 5.42. The van der Waals surface area contributed by atoms with E-state index < -0.39 is 5.54 Å². The van der Waals surface area contributed by atoms with Crippen LogP contribution in [0.2, 0.25) is 0 Å². The first-order chi connectivity index (χ1) is 9.30. The van der Waals surface area contributed by atoms with Gasteiger partial charge in [-0.15, -0.1) is 5.10 Å². The first-order valence-electron chi connectivity index (χ1n) is 6.83. The van der Waals surface area contributed by atoms with Crippen molar-refractivity contribution < 1.29 is 5.11 Å². The quantitative estimate of drug-likeness (QED) is 0.774. The van der Waals surface area contributed by atoms with Crippen LogP contribution >= 0.6 is 12.2 Å². The van der Waals surface area contributed by atoms with Crippen molar-refractivity contribution in [2.45, 2.75) is 46.1 Å². The van der Waals surface area contributed by atoms with Crippen LogP contribution < -0.4 is 10.6 Å². The molecule has 0 aliphatic heterocycles. The summed E-state index contributed by atoms with van der Waals surface area (Å²) in [6.45, 7) is 7.94. The van der Waals surface area contributed by atoms with Crippen molar-refractivity contribution in [3.8, 4) is 0 Å². The first kappa shape index (κ1) is 16.8. The Hall–Kier alpha value is -1.27. The SMILES string of the molecule is CCc1nnc(N(C)C(C)(C)CO)c(C(N)=S)c1CC. The number of rotatable bonds is 6. The van der Waals surface area contributed by atoms with Crippen molar-refractivity contribution in [1.29, 1.82) is 0 Å². The van der Waals surface area contributed by atoms with Gasteiger partial charge in [0, 0.05) is 7.05 Å². The average molecular weight is 296 g/mol. The van der Waals surface area contributed by atoms with E-state index in [2.05, 4.69) is 17.1 Å². The van der Waals surface area contributed by atoms with Crippen LogP contribution in [0.25, 0.3) is 0 Å². The van der Waals surface area contributed by atoms with E-state index in [1.807, 2.05) is 32.7 Å². The van der Waals surface area contributed by atoms with E-state index in [1.165, 1.54) is 0 Å². The first-order valence-corrected chi connectivity index (χ1v) is 7.23. The van der Waals surface area contributed by atoms with Gasteiger partial charge in [-0.1, -0.05) is 26.1 Å². The van der Waals surface area contributed by atoms with Crippen molar-refractivity contribution >= 4 is 23.0 Å². The van der Waals surface area contributed by atoms with Crippen molar-refractivity contribution in [3.05, 3.63) is 16.8 Å². The molecule has 0 aliphatic rings. The van der Waals surface area contributed by atoms with Crippen LogP contribution in [-0.4, -0.2) is 39.5 Å². The third-order valence-electron chi connectivity index (χ3n) is 3.69. The summed E-state index contributed by atoms with van der Waals surface area (Å²) in [5.74, 6) is 0.630. The summed E-state index contributed by atoms with van der Waals surface area (Å²) in [4.78, 5) is 2.20. The third kappa shape index (κ3) is 3.07. The number of anilines is 1. The molecule has 0 spiro atoms. The predicted octanol–water partition coefficient (Wildman–Crippen LogP) is 1.44. The van der Waals surface area contributed by atoms with Crippen molar-refractivity contribution in [2.75, 3.05) is 18.6 Å². The van der Waals surface area contributed by atoms with Gasteiger partial charge >= 0.3 is 0 Å². The second-order valence-corrected chi connectivity index (χ2v) is 5.86. The highest BCUT2D eigenvalue weighted by Crippen LogP contribution is 2.27. The highest BCUT2D eigenvalue weighted by molar-refractivity contribution is 7.80. The summed E-state index contributed by atoms with van der Waals surface area (Å²) >= 11 is 5.21. The molecule has 1 rings (SSSR count). The molecule has 0 bridgehead atoms. The fraction of sp³-hybridized carbons (Fsp3) is 0.643. The normalized spacial score (nSPS) is 11.5. The zero-order valence-electron chi connectivity index (χ0n) is 12.9. The molecule has 1 aromatic heterocycles. The van der Waals surface area contributed by atoms with Gasteiger partial charge in [-0.3, -0.25) is 0 Å². The molecular formula is C14H24N4OS. The van der Waals surface area contributed by atoms with E-state index in [9.17, 15) is 5.11 Å². The van der Waals surface area contributed by atoms with Gasteiger partial charge in [0.1, 0.15) is 4.99 Å². The second-order valence-electron chi connectivity index (χ2n) is 5.42. The summed E-state index contributed by atoms with van der Waals surface area (Å²) in [5.41, 5.74) is 8.19. The minimum atomic E-state index is -0.465. The van der Waals surface area contributed by atoms with Crippen LogP contribution in [0.15, 0.2) is 0 Å². The van der Waals surface area contributed by atoms with E-state index in [0.29, 0.717) is 10.8 Å². The van der Waals surface area contributed by atoms with Crippen LogP contribution in [0.4, 0.5) is 5.82 Å². The molecule has 0 saturated heterocycles. The molecule has 0 amide bonds. The zero-order valence-corrected chi connectivity index (χ0v) is 13.7. The zero-order chi connectivity index (χ0) is 15.5. The molecule has 0 radical (unpaired) electrons. The van der Waals surface area contributed by atoms with E-state index >= 15 is 0 Å². The average Bonchev–Trinajstić information content (AvgIpc) is 2.44. The Morgan fingerprint density at radius 3 is 2.30 bits per heavy atom. The van der Waals surface area contributed by atoms with Gasteiger partial charge in [-0.05, 0) is 32.3 Å². The van der Waals surface area contributed by atoms with Gasteiger partial charge < -0.3 is 15.7 Å². The van der Waals surface area contributed by atoms with Gasteiger partial charge in [0.25, 0.3) is 0 Å². The lowest BCUT2D eigenvalue weighted by atomic mass is 9.99. The lowest BCUT2D eigenvalue weighted by Crippen LogP contribution is -2.46. The predicted molar refractivity (Wildman–Crippen MR) is 86.2 cm³/mol. The van der Waals surface area contributed by atoms with Gasteiger partial charge in [-0.2, -0.15) is 5.10 Å². The largest absolute Gasteiger partial charge is 0.394 e. The lowest BCUT2D eigenvalue weighted by molar-refractivity contribution is 0.215. The fourth-order valence-electron chi connectivity index (χ4n) is 2.05. The topological polar surface area (TPSA) is 75.3 Å². The van der Waals surface area contributed by atoms with E-state index in [-0.39, 0.29) is 6.61 Å².